The fourth-order valence-electron chi connectivity index (χ4n) is 1.44. The number of aromatic amines is 2. The first-order chi connectivity index (χ1) is 6.72. The van der Waals surface area contributed by atoms with E-state index in [0.29, 0.717) is 17.5 Å². The highest BCUT2D eigenvalue weighted by Gasteiger charge is 2.08. The summed E-state index contributed by atoms with van der Waals surface area (Å²) in [5, 5.41) is 9.24. The van der Waals surface area contributed by atoms with Crippen LogP contribution in [0.2, 0.25) is 0 Å². The average molecular weight is 194 g/mol. The molecule has 0 amide bonds. The molecule has 74 valence electrons. The van der Waals surface area contributed by atoms with Crippen molar-refractivity contribution >= 4 is 17.0 Å². The molecule has 0 unspecified atom stereocenters. The topological polar surface area (TPSA) is 108 Å². The van der Waals surface area contributed by atoms with Gasteiger partial charge in [-0.15, -0.1) is 0 Å². The van der Waals surface area contributed by atoms with Crippen LogP contribution in [0.25, 0.3) is 11.0 Å². The van der Waals surface area contributed by atoms with Gasteiger partial charge in [0.25, 0.3) is 5.56 Å². The summed E-state index contributed by atoms with van der Waals surface area (Å²) in [5.74, 6) is 0.0832. The molecule has 0 saturated heterocycles. The molecule has 0 aliphatic carbocycles. The largest absolute Gasteiger partial charge is 0.396 e. The molecule has 6 nitrogen and oxygen atoms in total. The first-order valence-corrected chi connectivity index (χ1v) is 4.19. The second-order valence-corrected chi connectivity index (χ2v) is 2.96. The Kier molecular flexibility index (Phi) is 1.97. The summed E-state index contributed by atoms with van der Waals surface area (Å²) in [6.45, 7) is -0.00320. The number of hydrogen-bond donors (Lipinski definition) is 4. The van der Waals surface area contributed by atoms with E-state index in [-0.39, 0.29) is 18.1 Å². The Morgan fingerprint density at radius 3 is 3.07 bits per heavy atom. The minimum atomic E-state index is -0.280. The normalized spacial score (nSPS) is 10.9. The molecule has 5 N–H and O–H groups in total. The van der Waals surface area contributed by atoms with Crippen molar-refractivity contribution in [2.75, 3.05) is 12.3 Å². The number of aliphatic hydroxyl groups is 1. The van der Waals surface area contributed by atoms with Gasteiger partial charge in [-0.05, 0) is 12.0 Å². The Morgan fingerprint density at radius 2 is 2.36 bits per heavy atom. The number of aliphatic hydroxyl groups excluding tert-OH is 1. The summed E-state index contributed by atoms with van der Waals surface area (Å²) in [6, 6.07) is 0. The van der Waals surface area contributed by atoms with Crippen molar-refractivity contribution in [3.05, 3.63) is 22.1 Å². The van der Waals surface area contributed by atoms with Gasteiger partial charge in [0.05, 0.1) is 5.39 Å². The maximum atomic E-state index is 11.5. The van der Waals surface area contributed by atoms with Crippen LogP contribution in [0.3, 0.4) is 0 Å². The van der Waals surface area contributed by atoms with Crippen LogP contribution < -0.4 is 11.3 Å². The van der Waals surface area contributed by atoms with Gasteiger partial charge >= 0.3 is 0 Å². The third-order valence-electron chi connectivity index (χ3n) is 2.02. The molecule has 0 spiro atoms. The van der Waals surface area contributed by atoms with Gasteiger partial charge in [0.1, 0.15) is 5.65 Å². The van der Waals surface area contributed by atoms with Crippen molar-refractivity contribution in [2.45, 2.75) is 6.42 Å². The first kappa shape index (κ1) is 8.76. The Morgan fingerprint density at radius 1 is 1.57 bits per heavy atom. The van der Waals surface area contributed by atoms with Crippen molar-refractivity contribution in [3.63, 3.8) is 0 Å². The minimum Gasteiger partial charge on any atom is -0.396 e. The second kappa shape index (κ2) is 3.15. The number of nitrogen functional groups attached to an aromatic ring is 1. The molecule has 0 fully saturated rings. The molecule has 14 heavy (non-hydrogen) atoms. The zero-order valence-corrected chi connectivity index (χ0v) is 7.37. The van der Waals surface area contributed by atoms with Crippen LogP contribution in [0.1, 0.15) is 5.56 Å². The number of rotatable bonds is 2. The lowest BCUT2D eigenvalue weighted by molar-refractivity contribution is 0.300. The summed E-state index contributed by atoms with van der Waals surface area (Å²) in [6.07, 6.45) is 2.08. The predicted octanol–water partition coefficient (Wildman–Crippen LogP) is -0.632. The zero-order chi connectivity index (χ0) is 10.1. The van der Waals surface area contributed by atoms with Crippen LogP contribution in [0.5, 0.6) is 0 Å². The summed E-state index contributed by atoms with van der Waals surface area (Å²) in [7, 11) is 0. The molecule has 2 aromatic heterocycles. The van der Waals surface area contributed by atoms with Crippen LogP contribution in [0, 0.1) is 0 Å². The van der Waals surface area contributed by atoms with E-state index in [1.54, 1.807) is 6.20 Å². The van der Waals surface area contributed by atoms with Crippen molar-refractivity contribution in [1.82, 2.24) is 15.0 Å². The molecule has 0 aliphatic heterocycles. The van der Waals surface area contributed by atoms with Crippen LogP contribution >= 0.6 is 0 Å². The maximum absolute atomic E-state index is 11.5. The number of H-pyrrole nitrogens is 2. The van der Waals surface area contributed by atoms with E-state index < -0.39 is 0 Å². The number of anilines is 1. The number of fused-ring (bicyclic) bond motifs is 1. The standard InChI is InChI=1S/C8H10N4O2/c9-8-11-6-5(7(14)12-8)4(1-2-13)3-10-6/h3,13H,1-2H2,(H4,9,10,11,12,14). The monoisotopic (exact) mass is 194 g/mol. The van der Waals surface area contributed by atoms with Gasteiger partial charge in [-0.2, -0.15) is 4.98 Å². The fourth-order valence-corrected chi connectivity index (χ4v) is 1.44. The Balaban J connectivity index is 2.73. The SMILES string of the molecule is Nc1nc2[nH]cc(CCO)c2c(=O)[nH]1. The van der Waals surface area contributed by atoms with Crippen LogP contribution in [0.4, 0.5) is 5.95 Å². The van der Waals surface area contributed by atoms with E-state index in [2.05, 4.69) is 15.0 Å². The van der Waals surface area contributed by atoms with E-state index in [9.17, 15) is 4.79 Å². The van der Waals surface area contributed by atoms with Gasteiger partial charge in [-0.3, -0.25) is 9.78 Å². The summed E-state index contributed by atoms with van der Waals surface area (Å²) >= 11 is 0. The van der Waals surface area contributed by atoms with E-state index in [0.717, 1.165) is 5.56 Å². The number of nitrogens with one attached hydrogen (secondary N) is 2. The first-order valence-electron chi connectivity index (χ1n) is 4.19. The molecule has 2 heterocycles. The van der Waals surface area contributed by atoms with Crippen molar-refractivity contribution in [2.24, 2.45) is 0 Å². The molecule has 0 radical (unpaired) electrons. The molecule has 0 atom stereocenters. The second-order valence-electron chi connectivity index (χ2n) is 2.96. The maximum Gasteiger partial charge on any atom is 0.262 e. The van der Waals surface area contributed by atoms with E-state index >= 15 is 0 Å². The van der Waals surface area contributed by atoms with Crippen LogP contribution in [0.15, 0.2) is 11.0 Å². The summed E-state index contributed by atoms with van der Waals surface area (Å²) in [5.41, 5.74) is 6.29. The Hall–Kier alpha value is -1.82. The predicted molar refractivity (Wildman–Crippen MR) is 51.9 cm³/mol. The smallest absolute Gasteiger partial charge is 0.262 e. The van der Waals surface area contributed by atoms with Crippen molar-refractivity contribution < 1.29 is 5.11 Å². The lowest BCUT2D eigenvalue weighted by Crippen LogP contribution is -2.11. The lowest BCUT2D eigenvalue weighted by Gasteiger charge is -1.95. The van der Waals surface area contributed by atoms with Gasteiger partial charge in [-0.25, -0.2) is 0 Å². The molecule has 0 aromatic carbocycles. The molecule has 0 bridgehead atoms. The molecule has 0 saturated carbocycles. The molecule has 2 rings (SSSR count). The Labute approximate surface area is 78.8 Å². The zero-order valence-electron chi connectivity index (χ0n) is 7.37. The van der Waals surface area contributed by atoms with Crippen LogP contribution in [-0.4, -0.2) is 26.7 Å². The third kappa shape index (κ3) is 1.25. The number of hydrogen-bond acceptors (Lipinski definition) is 4. The highest BCUT2D eigenvalue weighted by molar-refractivity contribution is 5.79. The van der Waals surface area contributed by atoms with Gasteiger partial charge in [0.2, 0.25) is 5.95 Å². The van der Waals surface area contributed by atoms with E-state index in [1.807, 2.05) is 0 Å². The van der Waals surface area contributed by atoms with Gasteiger partial charge in [-0.1, -0.05) is 0 Å². The quantitative estimate of drug-likeness (QED) is 0.510. The average Bonchev–Trinajstić information content (AvgIpc) is 2.49. The third-order valence-corrected chi connectivity index (χ3v) is 2.02. The number of aromatic nitrogens is 3. The lowest BCUT2D eigenvalue weighted by atomic mass is 10.2. The van der Waals surface area contributed by atoms with E-state index in [4.69, 9.17) is 10.8 Å². The summed E-state index contributed by atoms with van der Waals surface area (Å²) < 4.78 is 0. The minimum absolute atomic E-state index is 0.00320. The van der Waals surface area contributed by atoms with Gasteiger partial charge in [0, 0.05) is 12.8 Å². The van der Waals surface area contributed by atoms with Crippen molar-refractivity contribution in [3.8, 4) is 0 Å². The molecule has 6 heteroatoms. The highest BCUT2D eigenvalue weighted by atomic mass is 16.3. The summed E-state index contributed by atoms with van der Waals surface area (Å²) in [4.78, 5) is 20.6. The molecular weight excluding hydrogens is 184 g/mol. The van der Waals surface area contributed by atoms with Crippen molar-refractivity contribution in [1.29, 1.82) is 0 Å². The highest BCUT2D eigenvalue weighted by Crippen LogP contribution is 2.12. The molecule has 2 aromatic rings. The molecular formula is C8H10N4O2. The number of nitrogens with two attached hydrogens (primary N) is 1. The number of nitrogens with zero attached hydrogens (tertiary/aromatic N) is 1. The Bertz CT molecular complexity index is 514. The van der Waals surface area contributed by atoms with E-state index in [1.165, 1.54) is 0 Å². The van der Waals surface area contributed by atoms with Crippen LogP contribution in [-0.2, 0) is 6.42 Å². The fraction of sp³-hybridized carbons (Fsp3) is 0.250. The van der Waals surface area contributed by atoms with Gasteiger partial charge < -0.3 is 15.8 Å². The van der Waals surface area contributed by atoms with Gasteiger partial charge in [0.15, 0.2) is 0 Å². The molecule has 0 aliphatic rings.